The molecule has 2 atom stereocenters. The molecule has 0 aliphatic heterocycles. The molecule has 0 aromatic carbocycles. The third kappa shape index (κ3) is 2.01. The lowest BCUT2D eigenvalue weighted by atomic mass is 9.66. The van der Waals surface area contributed by atoms with E-state index in [1.165, 1.54) is 0 Å². The van der Waals surface area contributed by atoms with Crippen LogP contribution < -0.4 is 0 Å². The second-order valence-electron chi connectivity index (χ2n) is 5.20. The van der Waals surface area contributed by atoms with E-state index in [4.69, 9.17) is 11.6 Å². The fourth-order valence-corrected chi connectivity index (χ4v) is 3.56. The number of Topliss-reactive ketones (excluding diaryl/α,β-unsaturated/α-hetero) is 2. The Labute approximate surface area is 118 Å². The standard InChI is InChI=1S/C14H20ClNO3/c1-3-16(4-2)12-11(15)13(18)14(12,19)9-7-5-6-8-10(9)17/h9,19H,3-8H2,1-2H3. The molecule has 2 unspecified atom stereocenters. The Balaban J connectivity index is 2.37. The fourth-order valence-electron chi connectivity index (χ4n) is 3.15. The third-order valence-corrected chi connectivity index (χ3v) is 4.60. The van der Waals surface area contributed by atoms with Crippen LogP contribution in [-0.2, 0) is 9.59 Å². The number of nitrogens with zero attached hydrogens (tertiary/aromatic N) is 1. The number of ketones is 2. The maximum atomic E-state index is 12.1. The minimum Gasteiger partial charge on any atom is -0.375 e. The molecule has 0 bridgehead atoms. The Morgan fingerprint density at radius 2 is 1.95 bits per heavy atom. The van der Waals surface area contributed by atoms with Gasteiger partial charge in [0, 0.05) is 19.5 Å². The van der Waals surface area contributed by atoms with Gasteiger partial charge in [0.05, 0.1) is 11.6 Å². The average Bonchev–Trinajstić information content (AvgIpc) is 2.43. The molecule has 4 nitrogen and oxygen atoms in total. The van der Waals surface area contributed by atoms with Gasteiger partial charge in [0.2, 0.25) is 5.78 Å². The fraction of sp³-hybridized carbons (Fsp3) is 0.714. The van der Waals surface area contributed by atoms with E-state index < -0.39 is 17.3 Å². The summed E-state index contributed by atoms with van der Waals surface area (Å²) < 4.78 is 0. The smallest absolute Gasteiger partial charge is 0.214 e. The summed E-state index contributed by atoms with van der Waals surface area (Å²) in [6.07, 6.45) is 2.73. The Morgan fingerprint density at radius 1 is 1.32 bits per heavy atom. The summed E-state index contributed by atoms with van der Waals surface area (Å²) in [5.41, 5.74) is -1.23. The Hall–Kier alpha value is -0.870. The van der Waals surface area contributed by atoms with Crippen molar-refractivity contribution in [3.05, 3.63) is 10.7 Å². The van der Waals surface area contributed by atoms with Gasteiger partial charge in [-0.2, -0.15) is 0 Å². The largest absolute Gasteiger partial charge is 0.375 e. The van der Waals surface area contributed by atoms with Crippen LogP contribution in [0.15, 0.2) is 10.7 Å². The topological polar surface area (TPSA) is 57.6 Å². The molecule has 0 amide bonds. The van der Waals surface area contributed by atoms with Gasteiger partial charge in [-0.05, 0) is 26.7 Å². The van der Waals surface area contributed by atoms with E-state index in [2.05, 4.69) is 0 Å². The highest BCUT2D eigenvalue weighted by molar-refractivity contribution is 6.48. The Bertz CT molecular complexity index is 442. The van der Waals surface area contributed by atoms with Crippen molar-refractivity contribution < 1.29 is 14.7 Å². The van der Waals surface area contributed by atoms with E-state index in [-0.39, 0.29) is 10.8 Å². The van der Waals surface area contributed by atoms with Crippen LogP contribution in [0.3, 0.4) is 0 Å². The van der Waals surface area contributed by atoms with Gasteiger partial charge in [-0.3, -0.25) is 9.59 Å². The lowest BCUT2D eigenvalue weighted by molar-refractivity contribution is -0.151. The third-order valence-electron chi connectivity index (χ3n) is 4.25. The highest BCUT2D eigenvalue weighted by atomic mass is 35.5. The molecule has 0 aromatic rings. The Kier molecular flexibility index (Phi) is 4.02. The molecule has 0 radical (unpaired) electrons. The molecule has 0 spiro atoms. The lowest BCUT2D eigenvalue weighted by Gasteiger charge is -2.47. The minimum atomic E-state index is -1.68. The summed E-state index contributed by atoms with van der Waals surface area (Å²) in [5.74, 6) is -1.13. The molecule has 2 aliphatic carbocycles. The van der Waals surface area contributed by atoms with Crippen LogP contribution in [0.25, 0.3) is 0 Å². The van der Waals surface area contributed by atoms with Crippen molar-refractivity contribution >= 4 is 23.2 Å². The lowest BCUT2D eigenvalue weighted by Crippen LogP contribution is -2.62. The number of aliphatic hydroxyl groups is 1. The zero-order valence-electron chi connectivity index (χ0n) is 11.4. The SMILES string of the molecule is CCN(CC)C1=C(Cl)C(=O)C1(O)C1CCCCC1=O. The first-order valence-electron chi connectivity index (χ1n) is 6.93. The normalized spacial score (nSPS) is 31.5. The highest BCUT2D eigenvalue weighted by Crippen LogP contribution is 2.47. The molecular formula is C14H20ClNO3. The second-order valence-corrected chi connectivity index (χ2v) is 5.57. The van der Waals surface area contributed by atoms with Crippen LogP contribution in [-0.4, -0.2) is 40.3 Å². The van der Waals surface area contributed by atoms with Crippen LogP contribution in [0.2, 0.25) is 0 Å². The van der Waals surface area contributed by atoms with E-state index in [0.717, 1.165) is 12.8 Å². The number of hydrogen-bond acceptors (Lipinski definition) is 4. The maximum Gasteiger partial charge on any atom is 0.214 e. The van der Waals surface area contributed by atoms with Crippen LogP contribution in [0.5, 0.6) is 0 Å². The van der Waals surface area contributed by atoms with Crippen molar-refractivity contribution in [2.75, 3.05) is 13.1 Å². The van der Waals surface area contributed by atoms with Crippen LogP contribution in [0.1, 0.15) is 39.5 Å². The number of carbonyl (C=O) groups is 2. The quantitative estimate of drug-likeness (QED) is 0.856. The van der Waals surface area contributed by atoms with Crippen LogP contribution in [0.4, 0.5) is 0 Å². The van der Waals surface area contributed by atoms with E-state index in [1.54, 1.807) is 0 Å². The first-order chi connectivity index (χ1) is 8.98. The molecule has 19 heavy (non-hydrogen) atoms. The van der Waals surface area contributed by atoms with Crippen molar-refractivity contribution in [1.29, 1.82) is 0 Å². The molecular weight excluding hydrogens is 266 g/mol. The molecule has 1 fully saturated rings. The second kappa shape index (κ2) is 5.25. The number of rotatable bonds is 4. The summed E-state index contributed by atoms with van der Waals surface area (Å²) in [6.45, 7) is 5.18. The van der Waals surface area contributed by atoms with Crippen LogP contribution >= 0.6 is 11.6 Å². The van der Waals surface area contributed by atoms with E-state index in [1.807, 2.05) is 18.7 Å². The van der Waals surface area contributed by atoms with E-state index >= 15 is 0 Å². The van der Waals surface area contributed by atoms with E-state index in [0.29, 0.717) is 31.6 Å². The monoisotopic (exact) mass is 285 g/mol. The molecule has 0 heterocycles. The number of halogens is 1. The van der Waals surface area contributed by atoms with Gasteiger partial charge >= 0.3 is 0 Å². The first-order valence-corrected chi connectivity index (χ1v) is 7.31. The maximum absolute atomic E-state index is 12.1. The summed E-state index contributed by atoms with van der Waals surface area (Å²) in [6, 6.07) is 0. The summed E-state index contributed by atoms with van der Waals surface area (Å²) in [7, 11) is 0. The van der Waals surface area contributed by atoms with Crippen molar-refractivity contribution in [1.82, 2.24) is 4.90 Å². The van der Waals surface area contributed by atoms with Gasteiger partial charge < -0.3 is 10.0 Å². The summed E-state index contributed by atoms with van der Waals surface area (Å²) >= 11 is 5.99. The first kappa shape index (κ1) is 14.5. The van der Waals surface area contributed by atoms with Gasteiger partial charge in [0.25, 0.3) is 0 Å². The van der Waals surface area contributed by atoms with Gasteiger partial charge in [0.15, 0.2) is 5.60 Å². The summed E-state index contributed by atoms with van der Waals surface area (Å²) in [4.78, 5) is 26.0. The predicted octanol–water partition coefficient (Wildman–Crippen LogP) is 1.85. The van der Waals surface area contributed by atoms with Crippen LogP contribution in [0, 0.1) is 5.92 Å². The molecule has 106 valence electrons. The zero-order valence-corrected chi connectivity index (χ0v) is 12.2. The van der Waals surface area contributed by atoms with Crippen molar-refractivity contribution in [3.63, 3.8) is 0 Å². The van der Waals surface area contributed by atoms with Crippen molar-refractivity contribution in [2.24, 2.45) is 5.92 Å². The number of hydrogen-bond donors (Lipinski definition) is 1. The zero-order chi connectivity index (χ0) is 14.2. The predicted molar refractivity (Wildman–Crippen MR) is 72.7 cm³/mol. The molecule has 0 saturated heterocycles. The molecule has 2 rings (SSSR count). The van der Waals surface area contributed by atoms with Crippen molar-refractivity contribution in [3.8, 4) is 0 Å². The molecule has 1 N–H and O–H groups in total. The van der Waals surface area contributed by atoms with Gasteiger partial charge in [-0.1, -0.05) is 18.0 Å². The van der Waals surface area contributed by atoms with Crippen molar-refractivity contribution in [2.45, 2.75) is 45.1 Å². The molecule has 1 saturated carbocycles. The Morgan fingerprint density at radius 3 is 2.47 bits per heavy atom. The number of carbonyl (C=O) groups excluding carboxylic acids is 2. The van der Waals surface area contributed by atoms with Gasteiger partial charge in [0.1, 0.15) is 10.8 Å². The highest BCUT2D eigenvalue weighted by Gasteiger charge is 2.60. The molecule has 0 aromatic heterocycles. The number of likely N-dealkylation sites (N-methyl/N-ethyl adjacent to an activating group) is 1. The van der Waals surface area contributed by atoms with Gasteiger partial charge in [-0.15, -0.1) is 0 Å². The minimum absolute atomic E-state index is 0.0177. The summed E-state index contributed by atoms with van der Waals surface area (Å²) in [5, 5.41) is 10.9. The van der Waals surface area contributed by atoms with E-state index in [9.17, 15) is 14.7 Å². The molecule has 2 aliphatic rings. The van der Waals surface area contributed by atoms with Gasteiger partial charge in [-0.25, -0.2) is 0 Å². The molecule has 5 heteroatoms. The average molecular weight is 286 g/mol.